The van der Waals surface area contributed by atoms with E-state index in [2.05, 4.69) is 29.1 Å². The molecule has 104 valence electrons. The van der Waals surface area contributed by atoms with Gasteiger partial charge in [-0.25, -0.2) is 9.97 Å². The van der Waals surface area contributed by atoms with Gasteiger partial charge in [-0.2, -0.15) is 0 Å². The maximum absolute atomic E-state index is 5.62. The van der Waals surface area contributed by atoms with Crippen molar-refractivity contribution >= 4 is 39.8 Å². The molecule has 0 radical (unpaired) electrons. The van der Waals surface area contributed by atoms with Gasteiger partial charge in [0.15, 0.2) is 0 Å². The van der Waals surface area contributed by atoms with Crippen LogP contribution in [0.15, 0.2) is 6.33 Å². The van der Waals surface area contributed by atoms with Crippen molar-refractivity contribution in [3.63, 3.8) is 0 Å². The summed E-state index contributed by atoms with van der Waals surface area (Å²) >= 11 is 1.73. The van der Waals surface area contributed by atoms with Gasteiger partial charge in [0.2, 0.25) is 0 Å². The highest BCUT2D eigenvalue weighted by Gasteiger charge is 2.17. The second kappa shape index (κ2) is 6.03. The van der Waals surface area contributed by atoms with Gasteiger partial charge in [0.25, 0.3) is 0 Å². The summed E-state index contributed by atoms with van der Waals surface area (Å²) in [4.78, 5) is 11.1. The summed E-state index contributed by atoms with van der Waals surface area (Å²) in [5.74, 6) is 0.942. The number of thiophene rings is 1. The molecule has 1 fully saturated rings. The molecule has 1 saturated heterocycles. The number of aryl methyl sites for hydroxylation is 2. The lowest BCUT2D eigenvalue weighted by Crippen LogP contribution is -2.19. The first kappa shape index (κ1) is 14.5. The molecular weight excluding hydrogens is 282 g/mol. The standard InChI is InChI=1S/C13H17N3OS.ClH/c1-8-9(2)18-13-11(8)12(15-7-16-13)14-6-10-4-3-5-17-10;/h7,10H,3-6H2,1-2H3,(H,14,15,16);1H. The molecule has 0 aromatic carbocycles. The Labute approximate surface area is 123 Å². The molecule has 2 aromatic rings. The molecule has 4 nitrogen and oxygen atoms in total. The third kappa shape index (κ3) is 2.83. The predicted octanol–water partition coefficient (Wildman–Crippen LogP) is 3.32. The summed E-state index contributed by atoms with van der Waals surface area (Å²) in [6.45, 7) is 5.99. The molecule has 1 aliphatic rings. The lowest BCUT2D eigenvalue weighted by Gasteiger charge is -2.12. The van der Waals surface area contributed by atoms with Crippen LogP contribution in [-0.4, -0.2) is 29.2 Å². The Bertz CT molecular complexity index is 566. The molecule has 0 amide bonds. The van der Waals surface area contributed by atoms with Crippen molar-refractivity contribution in [1.82, 2.24) is 9.97 Å². The number of nitrogens with one attached hydrogen (secondary N) is 1. The Morgan fingerprint density at radius 3 is 3.00 bits per heavy atom. The number of ether oxygens (including phenoxy) is 1. The lowest BCUT2D eigenvalue weighted by atomic mass is 10.2. The molecule has 1 atom stereocenters. The number of anilines is 1. The maximum atomic E-state index is 5.62. The summed E-state index contributed by atoms with van der Waals surface area (Å²) in [5, 5.41) is 4.58. The van der Waals surface area contributed by atoms with E-state index >= 15 is 0 Å². The molecule has 3 rings (SSSR count). The van der Waals surface area contributed by atoms with Gasteiger partial charge in [-0.05, 0) is 32.3 Å². The predicted molar refractivity (Wildman–Crippen MR) is 81.6 cm³/mol. The van der Waals surface area contributed by atoms with Crippen LogP contribution >= 0.6 is 23.7 Å². The minimum absolute atomic E-state index is 0. The Morgan fingerprint density at radius 1 is 1.42 bits per heavy atom. The molecule has 3 heterocycles. The van der Waals surface area contributed by atoms with E-state index in [4.69, 9.17) is 4.74 Å². The summed E-state index contributed by atoms with van der Waals surface area (Å²) in [6, 6.07) is 0. The van der Waals surface area contributed by atoms with Crippen LogP contribution in [0, 0.1) is 13.8 Å². The van der Waals surface area contributed by atoms with Crippen LogP contribution < -0.4 is 5.32 Å². The minimum Gasteiger partial charge on any atom is -0.376 e. The molecule has 6 heteroatoms. The second-order valence-corrected chi connectivity index (χ2v) is 5.90. The zero-order valence-corrected chi connectivity index (χ0v) is 12.7. The van der Waals surface area contributed by atoms with Crippen molar-refractivity contribution in [2.75, 3.05) is 18.5 Å². The van der Waals surface area contributed by atoms with Crippen molar-refractivity contribution in [2.45, 2.75) is 32.8 Å². The fourth-order valence-corrected chi connectivity index (χ4v) is 3.33. The van der Waals surface area contributed by atoms with Crippen molar-refractivity contribution in [1.29, 1.82) is 0 Å². The SMILES string of the molecule is Cc1sc2ncnc(NCC3CCCO3)c2c1C.Cl. The van der Waals surface area contributed by atoms with Gasteiger partial charge < -0.3 is 10.1 Å². The van der Waals surface area contributed by atoms with Gasteiger partial charge in [0.05, 0.1) is 11.5 Å². The van der Waals surface area contributed by atoms with Gasteiger partial charge in [-0.15, -0.1) is 23.7 Å². The quantitative estimate of drug-likeness (QED) is 0.944. The van der Waals surface area contributed by atoms with E-state index in [0.717, 1.165) is 35.6 Å². The summed E-state index contributed by atoms with van der Waals surface area (Å²) in [6.07, 6.45) is 4.27. The monoisotopic (exact) mass is 299 g/mol. The molecular formula is C13H18ClN3OS. The van der Waals surface area contributed by atoms with Crippen LogP contribution in [0.5, 0.6) is 0 Å². The summed E-state index contributed by atoms with van der Waals surface area (Å²) < 4.78 is 5.62. The smallest absolute Gasteiger partial charge is 0.138 e. The van der Waals surface area contributed by atoms with E-state index < -0.39 is 0 Å². The first-order valence-corrected chi connectivity index (χ1v) is 7.13. The Kier molecular flexibility index (Phi) is 4.60. The molecule has 1 aliphatic heterocycles. The molecule has 0 saturated carbocycles. The molecule has 0 bridgehead atoms. The number of hydrogen-bond acceptors (Lipinski definition) is 5. The third-order valence-electron chi connectivity index (χ3n) is 3.49. The van der Waals surface area contributed by atoms with Gasteiger partial charge >= 0.3 is 0 Å². The molecule has 0 spiro atoms. The van der Waals surface area contributed by atoms with Crippen molar-refractivity contribution < 1.29 is 4.74 Å². The topological polar surface area (TPSA) is 47.0 Å². The zero-order valence-electron chi connectivity index (χ0n) is 11.1. The number of aromatic nitrogens is 2. The number of rotatable bonds is 3. The Morgan fingerprint density at radius 2 is 2.26 bits per heavy atom. The molecule has 1 unspecified atom stereocenters. The van der Waals surface area contributed by atoms with Crippen molar-refractivity contribution in [3.8, 4) is 0 Å². The van der Waals surface area contributed by atoms with Gasteiger partial charge in [-0.3, -0.25) is 0 Å². The highest BCUT2D eigenvalue weighted by molar-refractivity contribution is 7.18. The summed E-state index contributed by atoms with van der Waals surface area (Å²) in [5.41, 5.74) is 1.28. The number of halogens is 1. The minimum atomic E-state index is 0. The van der Waals surface area contributed by atoms with Gasteiger partial charge in [0.1, 0.15) is 17.0 Å². The van der Waals surface area contributed by atoms with E-state index in [-0.39, 0.29) is 12.4 Å². The summed E-state index contributed by atoms with van der Waals surface area (Å²) in [7, 11) is 0. The van der Waals surface area contributed by atoms with Crippen LogP contribution in [0.25, 0.3) is 10.2 Å². The van der Waals surface area contributed by atoms with Crippen LogP contribution in [0.2, 0.25) is 0 Å². The van der Waals surface area contributed by atoms with Gasteiger partial charge in [0, 0.05) is 18.0 Å². The third-order valence-corrected chi connectivity index (χ3v) is 4.60. The fourth-order valence-electron chi connectivity index (χ4n) is 2.33. The highest BCUT2D eigenvalue weighted by Crippen LogP contribution is 2.32. The van der Waals surface area contributed by atoms with E-state index in [9.17, 15) is 0 Å². The zero-order chi connectivity index (χ0) is 12.5. The first-order chi connectivity index (χ1) is 8.75. The van der Waals surface area contributed by atoms with Crippen molar-refractivity contribution in [3.05, 3.63) is 16.8 Å². The molecule has 0 aliphatic carbocycles. The first-order valence-electron chi connectivity index (χ1n) is 6.32. The van der Waals surface area contributed by atoms with Crippen LogP contribution in [0.3, 0.4) is 0 Å². The van der Waals surface area contributed by atoms with Crippen molar-refractivity contribution in [2.24, 2.45) is 0 Å². The fraction of sp³-hybridized carbons (Fsp3) is 0.538. The van der Waals surface area contributed by atoms with E-state index in [1.54, 1.807) is 17.7 Å². The Balaban J connectivity index is 0.00000133. The van der Waals surface area contributed by atoms with E-state index in [0.29, 0.717) is 6.10 Å². The van der Waals surface area contributed by atoms with E-state index in [1.807, 2.05) is 0 Å². The van der Waals surface area contributed by atoms with Crippen LogP contribution in [0.1, 0.15) is 23.3 Å². The maximum Gasteiger partial charge on any atom is 0.138 e. The van der Waals surface area contributed by atoms with Crippen LogP contribution in [-0.2, 0) is 4.74 Å². The van der Waals surface area contributed by atoms with E-state index in [1.165, 1.54) is 16.9 Å². The second-order valence-electron chi connectivity index (χ2n) is 4.70. The number of fused-ring (bicyclic) bond motifs is 1. The average Bonchev–Trinajstić information content (AvgIpc) is 2.97. The largest absolute Gasteiger partial charge is 0.376 e. The molecule has 19 heavy (non-hydrogen) atoms. The van der Waals surface area contributed by atoms with Crippen LogP contribution in [0.4, 0.5) is 5.82 Å². The number of hydrogen-bond donors (Lipinski definition) is 1. The number of nitrogens with zero attached hydrogens (tertiary/aromatic N) is 2. The molecule has 2 aromatic heterocycles. The Hall–Kier alpha value is -0.910. The van der Waals surface area contributed by atoms with Gasteiger partial charge in [-0.1, -0.05) is 0 Å². The lowest BCUT2D eigenvalue weighted by molar-refractivity contribution is 0.120. The highest BCUT2D eigenvalue weighted by atomic mass is 35.5. The average molecular weight is 300 g/mol. The normalized spacial score (nSPS) is 18.5. The molecule has 1 N–H and O–H groups in total.